The maximum absolute atomic E-state index is 12.0. The van der Waals surface area contributed by atoms with Crippen LogP contribution in [0.5, 0.6) is 0 Å². The molecule has 6 heteroatoms. The molecular weight excluding hydrogens is 276 g/mol. The molecule has 0 spiro atoms. The van der Waals surface area contributed by atoms with E-state index in [1.54, 1.807) is 11.4 Å². The topological polar surface area (TPSA) is 78.4 Å². The molecule has 0 radical (unpaired) electrons. The van der Waals surface area contributed by atoms with Crippen LogP contribution in [-0.2, 0) is 4.79 Å². The zero-order valence-corrected chi connectivity index (χ0v) is 11.8. The average molecular weight is 292 g/mol. The summed E-state index contributed by atoms with van der Waals surface area (Å²) in [5.41, 5.74) is 0.628. The van der Waals surface area contributed by atoms with Crippen molar-refractivity contribution in [1.29, 1.82) is 0 Å². The standard InChI is InChI=1S/C14H16N2O3S/c17-7-2-1-3-10-6-8-20-13(10)14(19)15-9-12(18)16-11-4-5-11/h6,8,11,17H,2,4-5,7,9H2,(H,15,19)(H,16,18). The van der Waals surface area contributed by atoms with Gasteiger partial charge in [-0.25, -0.2) is 0 Å². The highest BCUT2D eigenvalue weighted by atomic mass is 32.1. The minimum Gasteiger partial charge on any atom is -0.395 e. The van der Waals surface area contributed by atoms with E-state index >= 15 is 0 Å². The quantitative estimate of drug-likeness (QED) is 0.691. The van der Waals surface area contributed by atoms with E-state index < -0.39 is 0 Å². The fourth-order valence-corrected chi connectivity index (χ4v) is 2.31. The molecule has 3 N–H and O–H groups in total. The molecule has 1 aromatic heterocycles. The van der Waals surface area contributed by atoms with Crippen molar-refractivity contribution in [1.82, 2.24) is 10.6 Å². The molecule has 5 nitrogen and oxygen atoms in total. The summed E-state index contributed by atoms with van der Waals surface area (Å²) in [6.07, 6.45) is 2.42. The molecule has 2 amide bonds. The number of hydrogen-bond acceptors (Lipinski definition) is 4. The number of rotatable bonds is 5. The third kappa shape index (κ3) is 4.37. The van der Waals surface area contributed by atoms with E-state index in [9.17, 15) is 9.59 Å². The van der Waals surface area contributed by atoms with Crippen molar-refractivity contribution < 1.29 is 14.7 Å². The molecule has 1 aliphatic carbocycles. The summed E-state index contributed by atoms with van der Waals surface area (Å²) in [6.45, 7) is -0.0171. The smallest absolute Gasteiger partial charge is 0.263 e. The largest absolute Gasteiger partial charge is 0.395 e. The Labute approximate surface area is 121 Å². The van der Waals surface area contributed by atoms with Gasteiger partial charge in [-0.15, -0.1) is 11.3 Å². The summed E-state index contributed by atoms with van der Waals surface area (Å²) < 4.78 is 0. The van der Waals surface area contributed by atoms with E-state index in [0.29, 0.717) is 22.9 Å². The van der Waals surface area contributed by atoms with E-state index in [2.05, 4.69) is 22.5 Å². The van der Waals surface area contributed by atoms with Gasteiger partial charge in [0.2, 0.25) is 5.91 Å². The molecule has 1 heterocycles. The van der Waals surface area contributed by atoms with Crippen LogP contribution in [0.4, 0.5) is 0 Å². The molecule has 106 valence electrons. The minimum atomic E-state index is -0.292. The second-order valence-electron chi connectivity index (χ2n) is 4.46. The Hall–Kier alpha value is -1.84. The Bertz CT molecular complexity index is 552. The van der Waals surface area contributed by atoms with Crippen LogP contribution in [0.15, 0.2) is 11.4 Å². The fourth-order valence-electron chi connectivity index (χ4n) is 1.54. The Morgan fingerprint density at radius 2 is 2.25 bits per heavy atom. The summed E-state index contributed by atoms with van der Waals surface area (Å²) in [5.74, 6) is 5.17. The first-order chi connectivity index (χ1) is 9.70. The molecule has 0 unspecified atom stereocenters. The van der Waals surface area contributed by atoms with Crippen LogP contribution in [-0.4, -0.2) is 36.1 Å². The van der Waals surface area contributed by atoms with Crippen LogP contribution in [0, 0.1) is 11.8 Å². The minimum absolute atomic E-state index is 0.00000477. The first-order valence-electron chi connectivity index (χ1n) is 6.45. The van der Waals surface area contributed by atoms with Gasteiger partial charge in [0.05, 0.1) is 13.2 Å². The van der Waals surface area contributed by atoms with Crippen molar-refractivity contribution in [3.8, 4) is 11.8 Å². The van der Waals surface area contributed by atoms with Crippen LogP contribution < -0.4 is 10.6 Å². The number of hydrogen-bond donors (Lipinski definition) is 3. The number of thiophene rings is 1. The predicted molar refractivity (Wildman–Crippen MR) is 76.4 cm³/mol. The lowest BCUT2D eigenvalue weighted by Gasteiger charge is -2.05. The number of nitrogens with one attached hydrogen (secondary N) is 2. The summed E-state index contributed by atoms with van der Waals surface area (Å²) >= 11 is 1.28. The van der Waals surface area contributed by atoms with E-state index in [1.807, 2.05) is 0 Å². The van der Waals surface area contributed by atoms with Crippen molar-refractivity contribution in [2.45, 2.75) is 25.3 Å². The summed E-state index contributed by atoms with van der Waals surface area (Å²) in [6, 6.07) is 2.05. The molecule has 1 fully saturated rings. The van der Waals surface area contributed by atoms with Gasteiger partial charge < -0.3 is 15.7 Å². The van der Waals surface area contributed by atoms with Crippen molar-refractivity contribution in [2.75, 3.05) is 13.2 Å². The molecular formula is C14H16N2O3S. The molecule has 0 aliphatic heterocycles. The van der Waals surface area contributed by atoms with E-state index in [4.69, 9.17) is 5.11 Å². The third-order valence-corrected chi connectivity index (χ3v) is 3.60. The second-order valence-corrected chi connectivity index (χ2v) is 5.38. The lowest BCUT2D eigenvalue weighted by atomic mass is 10.2. The highest BCUT2D eigenvalue weighted by Gasteiger charge is 2.23. The molecule has 1 saturated carbocycles. The number of amides is 2. The van der Waals surface area contributed by atoms with E-state index in [0.717, 1.165) is 12.8 Å². The lowest BCUT2D eigenvalue weighted by molar-refractivity contribution is -0.120. The van der Waals surface area contributed by atoms with Gasteiger partial charge in [-0.1, -0.05) is 11.8 Å². The zero-order chi connectivity index (χ0) is 14.4. The SMILES string of the molecule is O=C(CNC(=O)c1sccc1C#CCCO)NC1CC1. The van der Waals surface area contributed by atoms with Gasteiger partial charge in [0.15, 0.2) is 0 Å². The van der Waals surface area contributed by atoms with Crippen molar-refractivity contribution >= 4 is 23.2 Å². The van der Waals surface area contributed by atoms with Gasteiger partial charge in [0.1, 0.15) is 4.88 Å². The number of carbonyl (C=O) groups excluding carboxylic acids is 2. The summed E-state index contributed by atoms with van der Waals surface area (Å²) in [7, 11) is 0. The van der Waals surface area contributed by atoms with Gasteiger partial charge in [0.25, 0.3) is 5.91 Å². The summed E-state index contributed by atoms with van der Waals surface area (Å²) in [5, 5.41) is 15.8. The van der Waals surface area contributed by atoms with Gasteiger partial charge in [0, 0.05) is 18.0 Å². The monoisotopic (exact) mass is 292 g/mol. The number of aliphatic hydroxyl groups excluding tert-OH is 1. The summed E-state index contributed by atoms with van der Waals surface area (Å²) in [4.78, 5) is 23.9. The Balaban J connectivity index is 1.87. The second kappa shape index (κ2) is 7.08. The molecule has 0 aromatic carbocycles. The molecule has 0 atom stereocenters. The van der Waals surface area contributed by atoms with E-state index in [1.165, 1.54) is 11.3 Å². The first kappa shape index (κ1) is 14.6. The van der Waals surface area contributed by atoms with Crippen LogP contribution >= 0.6 is 11.3 Å². The predicted octanol–water partition coefficient (Wildman–Crippen LogP) is 0.490. The maximum atomic E-state index is 12.0. The zero-order valence-electron chi connectivity index (χ0n) is 10.9. The highest BCUT2D eigenvalue weighted by molar-refractivity contribution is 7.12. The molecule has 1 aliphatic rings. The van der Waals surface area contributed by atoms with Crippen LogP contribution in [0.3, 0.4) is 0 Å². The first-order valence-corrected chi connectivity index (χ1v) is 7.33. The number of aliphatic hydroxyl groups is 1. The third-order valence-electron chi connectivity index (χ3n) is 2.68. The Morgan fingerprint density at radius 1 is 1.45 bits per heavy atom. The molecule has 1 aromatic rings. The van der Waals surface area contributed by atoms with Gasteiger partial charge in [-0.3, -0.25) is 9.59 Å². The molecule has 0 bridgehead atoms. The van der Waals surface area contributed by atoms with Gasteiger partial charge >= 0.3 is 0 Å². The highest BCUT2D eigenvalue weighted by Crippen LogP contribution is 2.18. The molecule has 2 rings (SSSR count). The lowest BCUT2D eigenvalue weighted by Crippen LogP contribution is -2.37. The van der Waals surface area contributed by atoms with Crippen LogP contribution in [0.25, 0.3) is 0 Å². The number of carbonyl (C=O) groups is 2. The van der Waals surface area contributed by atoms with Crippen molar-refractivity contribution in [3.05, 3.63) is 21.9 Å². The molecule has 20 heavy (non-hydrogen) atoms. The van der Waals surface area contributed by atoms with Crippen LogP contribution in [0.2, 0.25) is 0 Å². The van der Waals surface area contributed by atoms with Crippen molar-refractivity contribution in [2.24, 2.45) is 0 Å². The van der Waals surface area contributed by atoms with Crippen LogP contribution in [0.1, 0.15) is 34.5 Å². The van der Waals surface area contributed by atoms with Crippen molar-refractivity contribution in [3.63, 3.8) is 0 Å². The van der Waals surface area contributed by atoms with E-state index in [-0.39, 0.29) is 25.0 Å². The average Bonchev–Trinajstić information content (AvgIpc) is 3.11. The normalized spacial score (nSPS) is 13.2. The Morgan fingerprint density at radius 3 is 2.95 bits per heavy atom. The molecule has 0 saturated heterocycles. The van der Waals surface area contributed by atoms with Gasteiger partial charge in [-0.05, 0) is 24.3 Å². The van der Waals surface area contributed by atoms with Gasteiger partial charge in [-0.2, -0.15) is 0 Å². The fraction of sp³-hybridized carbons (Fsp3) is 0.429. The maximum Gasteiger partial charge on any atom is 0.263 e. The Kier molecular flexibility index (Phi) is 5.16.